The van der Waals surface area contributed by atoms with Crippen LogP contribution in [0.25, 0.3) is 0 Å². The first kappa shape index (κ1) is 43.7. The van der Waals surface area contributed by atoms with Gasteiger partial charge < -0.3 is 54.4 Å². The van der Waals surface area contributed by atoms with Crippen molar-refractivity contribution in [2.45, 2.75) is 42.1 Å². The Hall–Kier alpha value is -4.86. The second kappa shape index (κ2) is 17.0. The van der Waals surface area contributed by atoms with E-state index in [0.717, 1.165) is 0 Å². The van der Waals surface area contributed by atoms with Gasteiger partial charge in [-0.1, -0.05) is 24.3 Å². The van der Waals surface area contributed by atoms with Gasteiger partial charge >= 0.3 is 0 Å². The number of carbonyl (C=O) groups excluding carboxylic acids is 3. The third-order valence-corrected chi connectivity index (χ3v) is 15.4. The molecule has 6 N–H and O–H groups in total. The maximum Gasteiger partial charge on any atom is 0.288 e. The van der Waals surface area contributed by atoms with Crippen molar-refractivity contribution < 1.29 is 68.9 Å². The average molecular weight is 884 g/mol. The van der Waals surface area contributed by atoms with Crippen molar-refractivity contribution in [1.82, 2.24) is 15.1 Å². The van der Waals surface area contributed by atoms with Crippen molar-refractivity contribution in [3.63, 3.8) is 0 Å². The molecule has 2 saturated heterocycles. The Balaban J connectivity index is 1.21. The lowest BCUT2D eigenvalue weighted by Gasteiger charge is -2.26. The predicted molar refractivity (Wildman–Crippen MR) is 214 cm³/mol. The highest BCUT2D eigenvalue weighted by atomic mass is 32.2. The first-order valence-electron chi connectivity index (χ1n) is 18.3. The average Bonchev–Trinajstić information content (AvgIpc) is 3.69. The molecule has 6 rings (SSSR count). The van der Waals surface area contributed by atoms with Crippen molar-refractivity contribution >= 4 is 56.5 Å². The van der Waals surface area contributed by atoms with Crippen molar-refractivity contribution in [2.24, 2.45) is 0 Å². The molecule has 0 saturated carbocycles. The van der Waals surface area contributed by atoms with Gasteiger partial charge in [-0.3, -0.25) is 23.5 Å². The molecule has 4 atom stereocenters. The molecule has 59 heavy (non-hydrogen) atoms. The SMILES string of the molecule is C=C1C[C@H]2C(S(=O)(=O)O)Nc3cc(OCCP(=O)(CCOc4cc5c(cc4OC)C(=O)N4CC(=C)C[C@H]4C(S(=O)(=O)O)N5)CNC(=O)CCO)c(OC)cc3C(=O)N2C1. The van der Waals surface area contributed by atoms with E-state index in [2.05, 4.69) is 29.1 Å². The van der Waals surface area contributed by atoms with Crippen LogP contribution in [0.3, 0.4) is 0 Å². The van der Waals surface area contributed by atoms with Crippen LogP contribution in [-0.4, -0.2) is 147 Å². The number of carbonyl (C=O) groups is 3. The normalized spacial score (nSPS) is 22.4. The summed E-state index contributed by atoms with van der Waals surface area (Å²) in [6, 6.07) is 3.55. The Morgan fingerprint density at radius 1 is 0.797 bits per heavy atom. The summed E-state index contributed by atoms with van der Waals surface area (Å²) in [6.07, 6.45) is -0.563. The fourth-order valence-corrected chi connectivity index (χ4v) is 11.3. The molecule has 0 aromatic heterocycles. The third kappa shape index (κ3) is 9.32. The Morgan fingerprint density at radius 2 is 1.22 bits per heavy atom. The lowest BCUT2D eigenvalue weighted by molar-refractivity contribution is -0.121. The molecule has 0 radical (unpaired) electrons. The molecule has 4 aliphatic heterocycles. The lowest BCUT2D eigenvalue weighted by atomic mass is 10.1. The maximum atomic E-state index is 14.4. The monoisotopic (exact) mass is 883 g/mol. The van der Waals surface area contributed by atoms with Gasteiger partial charge in [-0.2, -0.15) is 16.8 Å². The number of rotatable bonds is 16. The highest BCUT2D eigenvalue weighted by molar-refractivity contribution is 7.86. The molecule has 2 aromatic rings. The van der Waals surface area contributed by atoms with Crippen LogP contribution in [0.2, 0.25) is 0 Å². The summed E-state index contributed by atoms with van der Waals surface area (Å²) in [4.78, 5) is 42.1. The van der Waals surface area contributed by atoms with Crippen LogP contribution in [-0.2, 0) is 29.6 Å². The van der Waals surface area contributed by atoms with Crippen LogP contribution in [0.15, 0.2) is 48.6 Å². The summed E-state index contributed by atoms with van der Waals surface area (Å²) < 4.78 is 107. The zero-order chi connectivity index (χ0) is 43.0. The van der Waals surface area contributed by atoms with Gasteiger partial charge in [0.2, 0.25) is 5.91 Å². The minimum atomic E-state index is -4.71. The second-order valence-corrected chi connectivity index (χ2v) is 21.0. The summed E-state index contributed by atoms with van der Waals surface area (Å²) in [7, 11) is -10.2. The summed E-state index contributed by atoms with van der Waals surface area (Å²) >= 11 is 0. The van der Waals surface area contributed by atoms with E-state index in [1.54, 1.807) is 0 Å². The Bertz CT molecular complexity index is 2190. The van der Waals surface area contributed by atoms with E-state index in [4.69, 9.17) is 18.9 Å². The van der Waals surface area contributed by atoms with Gasteiger partial charge in [-0.25, -0.2) is 0 Å². The first-order valence-corrected chi connectivity index (χ1v) is 23.6. The van der Waals surface area contributed by atoms with E-state index in [9.17, 15) is 50.0 Å². The quantitative estimate of drug-likeness (QED) is 0.0797. The molecular formula is C36H46N5O15PS2. The van der Waals surface area contributed by atoms with E-state index in [0.29, 0.717) is 11.1 Å². The standard InChI is InChI=1S/C36H46N5O15PS2/c1-20-11-26-33(58(47,48)49)38-24-15-30(28(53-3)13-22(24)35(44)40(26)17-20)55-7-9-57(46,19-37-32(43)5-6-42)10-8-56-31-16-25-23(14-29(31)54-4)36(45)41-18-21(2)12-27(41)34(39-25)59(50,51)52/h13-16,26-27,33-34,38-39,42H,1-2,5-12,17-19H2,3-4H3,(H,37,43)(H,47,48,49)(H,50,51,52)/t26-,27-,33?,34?,57?/m0/s1. The van der Waals surface area contributed by atoms with Gasteiger partial charge in [0.25, 0.3) is 32.1 Å². The Labute approximate surface area is 340 Å². The number of ether oxygens (including phenoxy) is 4. The number of nitrogens with zero attached hydrogens (tertiary/aromatic N) is 2. The van der Waals surface area contributed by atoms with E-state index in [-0.39, 0.29) is 110 Å². The molecule has 3 amide bonds. The Morgan fingerprint density at radius 3 is 1.59 bits per heavy atom. The number of hydrogen-bond donors (Lipinski definition) is 6. The number of methoxy groups -OCH3 is 2. The molecule has 2 fully saturated rings. The molecular weight excluding hydrogens is 838 g/mol. The van der Waals surface area contributed by atoms with E-state index in [1.807, 2.05) is 0 Å². The molecule has 0 aliphatic carbocycles. The summed E-state index contributed by atoms with van der Waals surface area (Å²) in [6.45, 7) is 7.02. The highest BCUT2D eigenvalue weighted by Gasteiger charge is 2.47. The smallest absolute Gasteiger partial charge is 0.288 e. The molecule has 0 spiro atoms. The molecule has 2 unspecified atom stereocenters. The van der Waals surface area contributed by atoms with Crippen molar-refractivity contribution in [1.29, 1.82) is 0 Å². The van der Waals surface area contributed by atoms with Crippen molar-refractivity contribution in [3.05, 3.63) is 59.7 Å². The summed E-state index contributed by atoms with van der Waals surface area (Å²) in [5.74, 6) is -1.32. The zero-order valence-corrected chi connectivity index (χ0v) is 34.7. The molecule has 322 valence electrons. The fourth-order valence-electron chi connectivity index (χ4n) is 7.59. The third-order valence-electron chi connectivity index (χ3n) is 10.5. The molecule has 4 heterocycles. The number of aliphatic hydroxyl groups is 1. The van der Waals surface area contributed by atoms with Crippen LogP contribution in [0, 0.1) is 0 Å². The van der Waals surface area contributed by atoms with E-state index >= 15 is 0 Å². The number of hydrogen-bond acceptors (Lipinski definition) is 15. The van der Waals surface area contributed by atoms with Crippen molar-refractivity contribution in [2.75, 3.05) is 76.4 Å². The molecule has 23 heteroatoms. The van der Waals surface area contributed by atoms with Crippen LogP contribution in [0.1, 0.15) is 40.0 Å². The van der Waals surface area contributed by atoms with Crippen LogP contribution < -0.4 is 34.9 Å². The summed E-state index contributed by atoms with van der Waals surface area (Å²) in [5.41, 5.74) is 1.43. The van der Waals surface area contributed by atoms with Gasteiger partial charge in [-0.05, 0) is 25.0 Å². The number of anilines is 2. The van der Waals surface area contributed by atoms with Gasteiger partial charge in [0.05, 0.1) is 74.9 Å². The van der Waals surface area contributed by atoms with Gasteiger partial charge in [0, 0.05) is 44.0 Å². The molecule has 2 aromatic carbocycles. The topological polar surface area (TPSA) is 277 Å². The minimum absolute atomic E-state index is 0.0425. The lowest BCUT2D eigenvalue weighted by Crippen LogP contribution is -2.47. The van der Waals surface area contributed by atoms with Crippen LogP contribution in [0.4, 0.5) is 11.4 Å². The molecule has 0 bridgehead atoms. The van der Waals surface area contributed by atoms with Gasteiger partial charge in [0.15, 0.2) is 33.7 Å². The number of nitrogens with one attached hydrogen (secondary N) is 3. The number of benzene rings is 2. The summed E-state index contributed by atoms with van der Waals surface area (Å²) in [5, 5.41) is 14.2. The number of fused-ring (bicyclic) bond motifs is 4. The van der Waals surface area contributed by atoms with Gasteiger partial charge in [-0.15, -0.1) is 0 Å². The minimum Gasteiger partial charge on any atom is -0.493 e. The number of amides is 3. The van der Waals surface area contributed by atoms with Crippen LogP contribution in [0.5, 0.6) is 23.0 Å². The number of aliphatic hydroxyl groups excluding tert-OH is 1. The van der Waals surface area contributed by atoms with Gasteiger partial charge in [0.1, 0.15) is 7.14 Å². The second-order valence-electron chi connectivity index (χ2n) is 14.6. The fraction of sp³-hybridized carbons (Fsp3) is 0.472. The van der Waals surface area contributed by atoms with Crippen LogP contribution >= 0.6 is 7.14 Å². The Kier molecular flexibility index (Phi) is 12.6. The largest absolute Gasteiger partial charge is 0.493 e. The van der Waals surface area contributed by atoms with Crippen molar-refractivity contribution in [3.8, 4) is 23.0 Å². The van der Waals surface area contributed by atoms with E-state index in [1.165, 1.54) is 48.3 Å². The molecule has 4 aliphatic rings. The molecule has 20 nitrogen and oxygen atoms in total. The first-order chi connectivity index (χ1) is 27.8. The van der Waals surface area contributed by atoms with E-state index < -0.39 is 74.5 Å². The highest BCUT2D eigenvalue weighted by Crippen LogP contribution is 2.46. The maximum absolute atomic E-state index is 14.4. The predicted octanol–water partition coefficient (Wildman–Crippen LogP) is 1.80. The zero-order valence-electron chi connectivity index (χ0n) is 32.2.